The molecule has 0 saturated carbocycles. The molecule has 25 heavy (non-hydrogen) atoms. The highest BCUT2D eigenvalue weighted by molar-refractivity contribution is 6.30. The van der Waals surface area contributed by atoms with Crippen molar-refractivity contribution < 1.29 is 9.53 Å². The van der Waals surface area contributed by atoms with Gasteiger partial charge >= 0.3 is 0 Å². The van der Waals surface area contributed by atoms with E-state index in [4.69, 9.17) is 16.3 Å². The van der Waals surface area contributed by atoms with E-state index in [1.54, 1.807) is 23.0 Å². The van der Waals surface area contributed by atoms with Gasteiger partial charge in [-0.05, 0) is 50.2 Å². The summed E-state index contributed by atoms with van der Waals surface area (Å²) >= 11 is 5.92. The van der Waals surface area contributed by atoms with Crippen LogP contribution < -0.4 is 15.4 Å². The van der Waals surface area contributed by atoms with Crippen molar-refractivity contribution >= 4 is 29.9 Å². The van der Waals surface area contributed by atoms with Gasteiger partial charge in [0.05, 0.1) is 6.54 Å². The smallest absolute Gasteiger partial charge is 0.248 e. The molecule has 2 aromatic rings. The number of hydrogen-bond acceptors (Lipinski definition) is 4. The zero-order valence-corrected chi connectivity index (χ0v) is 15.4. The van der Waals surface area contributed by atoms with Gasteiger partial charge in [-0.1, -0.05) is 17.7 Å². The molecule has 8 heteroatoms. The van der Waals surface area contributed by atoms with Crippen LogP contribution in [0, 0.1) is 0 Å². The van der Waals surface area contributed by atoms with Crippen LogP contribution in [0.2, 0.25) is 5.02 Å². The number of nitrogens with zero attached hydrogens (tertiary/aromatic N) is 2. The summed E-state index contributed by atoms with van der Waals surface area (Å²) in [6.07, 6.45) is 5.00. The van der Waals surface area contributed by atoms with Gasteiger partial charge in [0.1, 0.15) is 17.9 Å². The molecule has 1 aromatic carbocycles. The second kappa shape index (κ2) is 9.08. The van der Waals surface area contributed by atoms with E-state index in [9.17, 15) is 4.79 Å². The molecule has 0 spiro atoms. The van der Waals surface area contributed by atoms with Crippen LogP contribution in [0.25, 0.3) is 0 Å². The third-order valence-electron chi connectivity index (χ3n) is 4.25. The van der Waals surface area contributed by atoms with Gasteiger partial charge in [0.2, 0.25) is 5.91 Å². The van der Waals surface area contributed by atoms with Crippen molar-refractivity contribution in [1.29, 1.82) is 0 Å². The van der Waals surface area contributed by atoms with E-state index in [-0.39, 0.29) is 18.3 Å². The minimum atomic E-state index is -0.620. The van der Waals surface area contributed by atoms with Gasteiger partial charge in [-0.3, -0.25) is 9.48 Å². The van der Waals surface area contributed by atoms with Crippen molar-refractivity contribution in [1.82, 2.24) is 20.4 Å². The van der Waals surface area contributed by atoms with Crippen molar-refractivity contribution in [2.75, 3.05) is 26.2 Å². The fourth-order valence-corrected chi connectivity index (χ4v) is 3.16. The number of amides is 1. The van der Waals surface area contributed by atoms with Crippen LogP contribution in [-0.2, 0) is 10.3 Å². The maximum absolute atomic E-state index is 12.8. The summed E-state index contributed by atoms with van der Waals surface area (Å²) in [5.74, 6) is 0.683. The molecule has 1 fully saturated rings. The van der Waals surface area contributed by atoms with Crippen LogP contribution in [0.1, 0.15) is 12.8 Å². The Hall–Kier alpha value is -1.76. The van der Waals surface area contributed by atoms with Gasteiger partial charge in [0, 0.05) is 17.4 Å². The lowest BCUT2D eigenvalue weighted by Gasteiger charge is -2.36. The lowest BCUT2D eigenvalue weighted by Crippen LogP contribution is -2.55. The Morgan fingerprint density at radius 2 is 2.16 bits per heavy atom. The molecule has 0 aliphatic carbocycles. The number of carbonyl (C=O) groups is 1. The summed E-state index contributed by atoms with van der Waals surface area (Å²) < 4.78 is 7.39. The normalized spacial score (nSPS) is 15.9. The van der Waals surface area contributed by atoms with Gasteiger partial charge in [0.25, 0.3) is 0 Å². The first-order chi connectivity index (χ1) is 11.7. The molecule has 3 rings (SSSR count). The van der Waals surface area contributed by atoms with Gasteiger partial charge in [-0.2, -0.15) is 5.10 Å². The lowest BCUT2D eigenvalue weighted by atomic mass is 9.87. The number of piperidine rings is 1. The fourth-order valence-electron chi connectivity index (χ4n) is 2.98. The van der Waals surface area contributed by atoms with Crippen LogP contribution in [0.4, 0.5) is 0 Å². The van der Waals surface area contributed by atoms with E-state index in [0.717, 1.165) is 25.9 Å². The first kappa shape index (κ1) is 19.6. The quantitative estimate of drug-likeness (QED) is 0.749. The Bertz CT molecular complexity index is 673. The highest BCUT2D eigenvalue weighted by Crippen LogP contribution is 2.27. The van der Waals surface area contributed by atoms with E-state index in [1.165, 1.54) is 0 Å². The molecule has 1 saturated heterocycles. The van der Waals surface area contributed by atoms with Crippen molar-refractivity contribution in [3.05, 3.63) is 47.7 Å². The average Bonchev–Trinajstić information content (AvgIpc) is 3.14. The van der Waals surface area contributed by atoms with Crippen LogP contribution in [0.15, 0.2) is 42.7 Å². The molecule has 0 atom stereocenters. The summed E-state index contributed by atoms with van der Waals surface area (Å²) in [7, 11) is 0. The topological polar surface area (TPSA) is 68.2 Å². The predicted octanol–water partition coefficient (Wildman–Crippen LogP) is 2.23. The maximum atomic E-state index is 12.8. The molecule has 0 radical (unpaired) electrons. The molecular formula is C17H22Cl2N4O2. The third kappa shape index (κ3) is 4.66. The summed E-state index contributed by atoms with van der Waals surface area (Å²) in [5, 5.41) is 11.2. The number of nitrogens with one attached hydrogen (secondary N) is 2. The Morgan fingerprint density at radius 3 is 2.84 bits per heavy atom. The second-order valence-electron chi connectivity index (χ2n) is 5.79. The number of ether oxygens (including phenoxy) is 1. The Kier molecular flexibility index (Phi) is 7.11. The lowest BCUT2D eigenvalue weighted by molar-refractivity contribution is -0.132. The van der Waals surface area contributed by atoms with E-state index < -0.39 is 5.54 Å². The zero-order chi connectivity index (χ0) is 16.8. The Morgan fingerprint density at radius 1 is 1.36 bits per heavy atom. The largest absolute Gasteiger partial charge is 0.492 e. The molecule has 1 aliphatic heterocycles. The van der Waals surface area contributed by atoms with Crippen LogP contribution in [-0.4, -0.2) is 41.9 Å². The maximum Gasteiger partial charge on any atom is 0.248 e. The number of carbonyl (C=O) groups excluding carboxylic acids is 1. The number of benzene rings is 1. The first-order valence-corrected chi connectivity index (χ1v) is 8.46. The van der Waals surface area contributed by atoms with E-state index in [2.05, 4.69) is 15.7 Å². The number of halogens is 2. The van der Waals surface area contributed by atoms with Crippen LogP contribution in [0.5, 0.6) is 5.75 Å². The standard InChI is InChI=1S/C17H21ClN4O2.ClH/c18-14-3-1-4-15(13-14)24-12-10-20-16(23)17(5-8-19-9-6-17)22-11-2-7-21-22;/h1-4,7,11,13,19H,5-6,8-10,12H2,(H,20,23);1H. The number of rotatable bonds is 6. The Balaban J connectivity index is 0.00000225. The van der Waals surface area contributed by atoms with E-state index in [0.29, 0.717) is 23.9 Å². The van der Waals surface area contributed by atoms with Gasteiger partial charge in [-0.15, -0.1) is 12.4 Å². The number of aromatic nitrogens is 2. The number of hydrogen-bond donors (Lipinski definition) is 2. The summed E-state index contributed by atoms with van der Waals surface area (Å²) in [6.45, 7) is 2.42. The molecular weight excluding hydrogens is 363 g/mol. The van der Waals surface area contributed by atoms with E-state index in [1.807, 2.05) is 24.4 Å². The first-order valence-electron chi connectivity index (χ1n) is 8.08. The summed E-state index contributed by atoms with van der Waals surface area (Å²) in [4.78, 5) is 12.8. The van der Waals surface area contributed by atoms with Gasteiger partial charge < -0.3 is 15.4 Å². The minimum Gasteiger partial charge on any atom is -0.492 e. The van der Waals surface area contributed by atoms with Crippen LogP contribution >= 0.6 is 24.0 Å². The molecule has 1 amide bonds. The molecule has 2 heterocycles. The third-order valence-corrected chi connectivity index (χ3v) is 4.48. The minimum absolute atomic E-state index is 0. The molecule has 6 nitrogen and oxygen atoms in total. The fraction of sp³-hybridized carbons (Fsp3) is 0.412. The van der Waals surface area contributed by atoms with E-state index >= 15 is 0 Å². The zero-order valence-electron chi connectivity index (χ0n) is 13.8. The van der Waals surface area contributed by atoms with Crippen molar-refractivity contribution in [3.63, 3.8) is 0 Å². The van der Waals surface area contributed by atoms with Crippen LogP contribution in [0.3, 0.4) is 0 Å². The van der Waals surface area contributed by atoms with Crippen molar-refractivity contribution in [2.24, 2.45) is 0 Å². The molecule has 1 aliphatic rings. The molecule has 2 N–H and O–H groups in total. The summed E-state index contributed by atoms with van der Waals surface area (Å²) in [5.41, 5.74) is -0.620. The van der Waals surface area contributed by atoms with Crippen molar-refractivity contribution in [2.45, 2.75) is 18.4 Å². The van der Waals surface area contributed by atoms with Gasteiger partial charge in [-0.25, -0.2) is 0 Å². The highest BCUT2D eigenvalue weighted by atomic mass is 35.5. The second-order valence-corrected chi connectivity index (χ2v) is 6.23. The monoisotopic (exact) mass is 384 g/mol. The molecule has 0 bridgehead atoms. The molecule has 136 valence electrons. The SMILES string of the molecule is Cl.O=C(NCCOc1cccc(Cl)c1)C1(n2cccn2)CCNCC1. The Labute approximate surface area is 158 Å². The molecule has 1 aromatic heterocycles. The van der Waals surface area contributed by atoms with Crippen molar-refractivity contribution in [3.8, 4) is 5.75 Å². The highest BCUT2D eigenvalue weighted by Gasteiger charge is 2.41. The summed E-state index contributed by atoms with van der Waals surface area (Å²) in [6, 6.07) is 9.06. The van der Waals surface area contributed by atoms with Gasteiger partial charge in [0.15, 0.2) is 0 Å². The molecule has 0 unspecified atom stereocenters. The predicted molar refractivity (Wildman–Crippen MR) is 99.5 cm³/mol. The average molecular weight is 385 g/mol.